The van der Waals surface area contributed by atoms with Gasteiger partial charge in [0.05, 0.1) is 13.5 Å². The molecule has 6 heteroatoms. The van der Waals surface area contributed by atoms with Crippen LogP contribution in [0.3, 0.4) is 0 Å². The normalized spacial score (nSPS) is 10.8. The molecule has 0 amide bonds. The molecule has 1 aromatic heterocycles. The first-order chi connectivity index (χ1) is 17.4. The lowest BCUT2D eigenvalue weighted by molar-refractivity contribution is -0.141. The lowest BCUT2D eigenvalue weighted by Gasteiger charge is -2.29. The molecule has 0 unspecified atom stereocenters. The van der Waals surface area contributed by atoms with Gasteiger partial charge in [-0.25, -0.2) is 0 Å². The fraction of sp³-hybridized carbons (Fsp3) is 0.484. The number of amidine groups is 1. The van der Waals surface area contributed by atoms with Gasteiger partial charge in [0.25, 0.3) is 0 Å². The molecule has 0 spiro atoms. The van der Waals surface area contributed by atoms with Gasteiger partial charge in [0.1, 0.15) is 10.8 Å². The Kier molecular flexibility index (Phi) is 16.8. The van der Waals surface area contributed by atoms with Gasteiger partial charge in [0.2, 0.25) is 0 Å². The van der Waals surface area contributed by atoms with Crippen molar-refractivity contribution < 1.29 is 9.53 Å². The minimum atomic E-state index is -0.340. The van der Waals surface area contributed by atoms with E-state index in [2.05, 4.69) is 54.7 Å². The highest BCUT2D eigenvalue weighted by Gasteiger charge is 2.27. The van der Waals surface area contributed by atoms with Crippen molar-refractivity contribution in [2.75, 3.05) is 12.0 Å². The molecule has 1 N–H and O–H groups in total. The highest BCUT2D eigenvalue weighted by Crippen LogP contribution is 2.43. The van der Waals surface area contributed by atoms with Crippen molar-refractivity contribution in [2.24, 2.45) is 5.92 Å². The van der Waals surface area contributed by atoms with Crippen LogP contribution in [0.1, 0.15) is 95.2 Å². The van der Waals surface area contributed by atoms with E-state index in [1.165, 1.54) is 32.8 Å². The molecule has 0 aliphatic rings. The van der Waals surface area contributed by atoms with Crippen LogP contribution in [0.2, 0.25) is 5.02 Å². The third kappa shape index (κ3) is 10.9. The quantitative estimate of drug-likeness (QED) is 0.193. The Morgan fingerprint density at radius 1 is 1.05 bits per heavy atom. The second kappa shape index (κ2) is 18.0. The monoisotopic (exact) mass is 546 g/mol. The van der Waals surface area contributed by atoms with Crippen molar-refractivity contribution in [3.8, 4) is 0 Å². The van der Waals surface area contributed by atoms with Gasteiger partial charge in [0, 0.05) is 27.1 Å². The number of allylic oxidation sites excluding steroid dienone is 1. The SMILES string of the molecule is C=C(c1ccc(Cl)cc1)c1c(N(C(=C)C)C(=N)[C@@H](C)CC(=O)OC)sc(C)c1C.CCCC.CCCC. The van der Waals surface area contributed by atoms with Crippen LogP contribution in [0.15, 0.2) is 43.1 Å². The summed E-state index contributed by atoms with van der Waals surface area (Å²) >= 11 is 7.63. The number of halogens is 1. The van der Waals surface area contributed by atoms with Crippen LogP contribution < -0.4 is 4.90 Å². The number of esters is 1. The zero-order valence-electron chi connectivity index (χ0n) is 24.4. The third-order valence-corrected chi connectivity index (χ3v) is 7.30. The number of nitrogens with zero attached hydrogens (tertiary/aromatic N) is 1. The zero-order valence-corrected chi connectivity index (χ0v) is 26.0. The molecule has 1 aromatic carbocycles. The number of hydrogen-bond acceptors (Lipinski definition) is 4. The molecule has 0 saturated carbocycles. The first-order valence-corrected chi connectivity index (χ1v) is 14.3. The summed E-state index contributed by atoms with van der Waals surface area (Å²) in [5.41, 5.74) is 4.63. The average molecular weight is 547 g/mol. The third-order valence-electron chi connectivity index (χ3n) is 5.85. The molecule has 1 heterocycles. The average Bonchev–Trinajstić information content (AvgIpc) is 3.17. The first kappa shape index (κ1) is 34.6. The molecule has 4 nitrogen and oxygen atoms in total. The van der Waals surface area contributed by atoms with Crippen LogP contribution >= 0.6 is 22.9 Å². The molecule has 0 bridgehead atoms. The molecule has 0 aliphatic carbocycles. The zero-order chi connectivity index (χ0) is 28.7. The lowest BCUT2D eigenvalue weighted by atomic mass is 9.96. The van der Waals surface area contributed by atoms with E-state index in [1.54, 1.807) is 11.3 Å². The number of thiophene rings is 1. The van der Waals surface area contributed by atoms with Crippen LogP contribution in [0, 0.1) is 25.2 Å². The number of carbonyl (C=O) groups is 1. The maximum absolute atomic E-state index is 11.7. The molecular formula is C31H47ClN2O2S. The van der Waals surface area contributed by atoms with E-state index in [0.29, 0.717) is 16.6 Å². The van der Waals surface area contributed by atoms with Gasteiger partial charge in [-0.3, -0.25) is 15.1 Å². The highest BCUT2D eigenvalue weighted by atomic mass is 35.5. The van der Waals surface area contributed by atoms with E-state index in [1.807, 2.05) is 43.0 Å². The van der Waals surface area contributed by atoms with Crippen LogP contribution in [0.5, 0.6) is 0 Å². The summed E-state index contributed by atoms with van der Waals surface area (Å²) in [7, 11) is 1.36. The van der Waals surface area contributed by atoms with Crippen molar-refractivity contribution >= 4 is 45.3 Å². The predicted molar refractivity (Wildman–Crippen MR) is 165 cm³/mol. The molecule has 0 fully saturated rings. The fourth-order valence-electron chi connectivity index (χ4n) is 3.06. The summed E-state index contributed by atoms with van der Waals surface area (Å²) in [5, 5.41) is 10.3. The Bertz CT molecular complexity index is 1020. The second-order valence-corrected chi connectivity index (χ2v) is 10.7. The van der Waals surface area contributed by atoms with Gasteiger partial charge >= 0.3 is 5.97 Å². The largest absolute Gasteiger partial charge is 0.469 e. The number of aryl methyl sites for hydroxylation is 1. The van der Waals surface area contributed by atoms with Crippen LogP contribution in [-0.4, -0.2) is 18.9 Å². The maximum atomic E-state index is 11.7. The van der Waals surface area contributed by atoms with Gasteiger partial charge < -0.3 is 4.74 Å². The number of hydrogen-bond donors (Lipinski definition) is 1. The van der Waals surface area contributed by atoms with Crippen LogP contribution in [0.25, 0.3) is 5.57 Å². The van der Waals surface area contributed by atoms with Crippen LogP contribution in [0.4, 0.5) is 5.00 Å². The minimum absolute atomic E-state index is 0.135. The number of benzene rings is 1. The summed E-state index contributed by atoms with van der Waals surface area (Å²) in [6.07, 6.45) is 5.41. The lowest BCUT2D eigenvalue weighted by Crippen LogP contribution is -2.34. The summed E-state index contributed by atoms with van der Waals surface area (Å²) in [6.45, 7) is 25.0. The summed E-state index contributed by atoms with van der Waals surface area (Å²) < 4.78 is 4.77. The molecule has 0 saturated heterocycles. The summed E-state index contributed by atoms with van der Waals surface area (Å²) in [5.74, 6) is -0.360. The Balaban J connectivity index is 0.00000142. The van der Waals surface area contributed by atoms with Crippen molar-refractivity contribution in [1.29, 1.82) is 5.41 Å². The molecule has 0 radical (unpaired) electrons. The van der Waals surface area contributed by atoms with Crippen molar-refractivity contribution in [1.82, 2.24) is 0 Å². The molecule has 1 atom stereocenters. The number of anilines is 1. The number of unbranched alkanes of at least 4 members (excludes halogenated alkanes) is 2. The number of ether oxygens (including phenoxy) is 1. The van der Waals surface area contributed by atoms with E-state index < -0.39 is 0 Å². The molecule has 206 valence electrons. The molecule has 2 rings (SSSR count). The first-order valence-electron chi connectivity index (χ1n) is 13.1. The van der Waals surface area contributed by atoms with E-state index in [9.17, 15) is 4.79 Å². The van der Waals surface area contributed by atoms with Gasteiger partial charge in [-0.1, -0.05) is 97.2 Å². The minimum Gasteiger partial charge on any atom is -0.469 e. The Hall–Kier alpha value is -2.37. The summed E-state index contributed by atoms with van der Waals surface area (Å²) in [6, 6.07) is 7.56. The molecular weight excluding hydrogens is 500 g/mol. The van der Waals surface area contributed by atoms with E-state index >= 15 is 0 Å². The maximum Gasteiger partial charge on any atom is 0.306 e. The predicted octanol–water partition coefficient (Wildman–Crippen LogP) is 10.2. The fourth-order valence-corrected chi connectivity index (χ4v) is 4.45. The Morgan fingerprint density at radius 3 is 1.95 bits per heavy atom. The summed E-state index contributed by atoms with van der Waals surface area (Å²) in [4.78, 5) is 14.7. The number of carbonyl (C=O) groups excluding carboxylic acids is 1. The van der Waals surface area contributed by atoms with Crippen LogP contribution in [-0.2, 0) is 9.53 Å². The Morgan fingerprint density at radius 2 is 1.54 bits per heavy atom. The van der Waals surface area contributed by atoms with Gasteiger partial charge in [-0.15, -0.1) is 11.3 Å². The van der Waals surface area contributed by atoms with Gasteiger partial charge in [-0.05, 0) is 49.6 Å². The van der Waals surface area contributed by atoms with E-state index in [-0.39, 0.29) is 18.3 Å². The molecule has 2 aromatic rings. The van der Waals surface area contributed by atoms with E-state index in [0.717, 1.165) is 32.1 Å². The second-order valence-electron chi connectivity index (χ2n) is 9.09. The van der Waals surface area contributed by atoms with Crippen molar-refractivity contribution in [2.45, 2.75) is 87.5 Å². The Labute approximate surface area is 234 Å². The molecule has 0 aliphatic heterocycles. The molecule has 37 heavy (non-hydrogen) atoms. The number of nitrogens with one attached hydrogen (secondary N) is 1. The van der Waals surface area contributed by atoms with Crippen molar-refractivity contribution in [3.05, 3.63) is 69.7 Å². The van der Waals surface area contributed by atoms with Crippen molar-refractivity contribution in [3.63, 3.8) is 0 Å². The smallest absolute Gasteiger partial charge is 0.306 e. The number of rotatable bonds is 9. The number of methoxy groups -OCH3 is 1. The van der Waals surface area contributed by atoms with Gasteiger partial charge in [0.15, 0.2) is 0 Å². The van der Waals surface area contributed by atoms with Gasteiger partial charge in [-0.2, -0.15) is 0 Å². The van der Waals surface area contributed by atoms with E-state index in [4.69, 9.17) is 21.7 Å². The standard InChI is InChI=1S/C23H27ClN2O2S.2C4H10/c1-13(2)26(22(25)14(3)12-20(27)28-7)23-21(15(4)17(6)29-23)16(5)18-8-10-19(24)11-9-18;2*1-3-4-2/h8-11,14,25H,1,5,12H2,2-4,6-7H3;2*3-4H2,1-2H3/t14-;;/m0../s1. The topological polar surface area (TPSA) is 53.4 Å². The highest BCUT2D eigenvalue weighted by molar-refractivity contribution is 7.16.